The predicted molar refractivity (Wildman–Crippen MR) is 126 cm³/mol. The van der Waals surface area contributed by atoms with E-state index in [1.807, 2.05) is 43.3 Å². The summed E-state index contributed by atoms with van der Waals surface area (Å²) >= 11 is 6.31. The second kappa shape index (κ2) is 13.6. The lowest BCUT2D eigenvalue weighted by Crippen LogP contribution is -2.24. The number of halogens is 1. The first-order valence-electron chi connectivity index (χ1n) is 10.7. The maximum Gasteiger partial charge on any atom is 0.339 e. The molecule has 2 rings (SSSR count). The van der Waals surface area contributed by atoms with Crippen LogP contribution >= 0.6 is 11.6 Å². The second-order valence-corrected chi connectivity index (χ2v) is 7.71. The minimum atomic E-state index is -0.402. The molecular formula is C24H32ClN3O2. The molecule has 2 aromatic rings. The zero-order chi connectivity index (χ0) is 21.6. The number of aryl methyl sites for hydroxylation is 1. The van der Waals surface area contributed by atoms with Crippen LogP contribution < -0.4 is 15.5 Å². The van der Waals surface area contributed by atoms with Crippen molar-refractivity contribution in [1.82, 2.24) is 5.43 Å². The van der Waals surface area contributed by atoms with E-state index in [1.54, 1.807) is 12.3 Å². The quantitative estimate of drug-likeness (QED) is 0.218. The normalized spacial score (nSPS) is 10.9. The number of para-hydroxylation sites is 1. The fourth-order valence-corrected chi connectivity index (χ4v) is 3.23. The molecule has 0 aliphatic heterocycles. The smallest absolute Gasteiger partial charge is 0.339 e. The fraction of sp³-hybridized carbons (Fsp3) is 0.417. The van der Waals surface area contributed by atoms with Crippen molar-refractivity contribution in [2.45, 2.75) is 58.8 Å². The van der Waals surface area contributed by atoms with Gasteiger partial charge < -0.3 is 10.1 Å². The number of unbranched alkanes of at least 4 members (excludes halogenated alkanes) is 6. The van der Waals surface area contributed by atoms with E-state index in [9.17, 15) is 4.79 Å². The predicted octanol–water partition coefficient (Wildman–Crippen LogP) is 6.93. The minimum Gasteiger partial charge on any atom is -0.492 e. The number of urea groups is 1. The van der Waals surface area contributed by atoms with Crippen molar-refractivity contribution in [2.24, 2.45) is 5.10 Å². The summed E-state index contributed by atoms with van der Waals surface area (Å²) < 4.78 is 5.78. The Hall–Kier alpha value is -2.53. The lowest BCUT2D eigenvalue weighted by Gasteiger charge is -2.09. The molecule has 0 radical (unpaired) electrons. The van der Waals surface area contributed by atoms with E-state index in [4.69, 9.17) is 16.3 Å². The Morgan fingerprint density at radius 1 is 1.07 bits per heavy atom. The number of hydrazone groups is 1. The monoisotopic (exact) mass is 429 g/mol. The Morgan fingerprint density at radius 2 is 1.80 bits per heavy atom. The van der Waals surface area contributed by atoms with Crippen LogP contribution in [0.15, 0.2) is 47.6 Å². The van der Waals surface area contributed by atoms with E-state index >= 15 is 0 Å². The third-order valence-electron chi connectivity index (χ3n) is 4.73. The molecule has 0 bridgehead atoms. The van der Waals surface area contributed by atoms with Gasteiger partial charge in [-0.2, -0.15) is 5.10 Å². The van der Waals surface area contributed by atoms with E-state index < -0.39 is 6.03 Å². The molecule has 162 valence electrons. The summed E-state index contributed by atoms with van der Waals surface area (Å²) in [5, 5.41) is 7.26. The third-order valence-corrected chi connectivity index (χ3v) is 5.03. The number of carbonyl (C=O) groups excluding carboxylic acids is 1. The van der Waals surface area contributed by atoms with Gasteiger partial charge in [-0.25, -0.2) is 10.2 Å². The van der Waals surface area contributed by atoms with Crippen LogP contribution in [0.25, 0.3) is 0 Å². The van der Waals surface area contributed by atoms with Crippen molar-refractivity contribution < 1.29 is 9.53 Å². The molecule has 0 spiro atoms. The van der Waals surface area contributed by atoms with Gasteiger partial charge in [-0.3, -0.25) is 0 Å². The zero-order valence-electron chi connectivity index (χ0n) is 17.9. The number of nitrogens with zero attached hydrogens (tertiary/aromatic N) is 1. The highest BCUT2D eigenvalue weighted by Gasteiger charge is 2.04. The molecule has 0 saturated carbocycles. The van der Waals surface area contributed by atoms with E-state index in [0.717, 1.165) is 23.2 Å². The number of ether oxygens (including phenoxy) is 1. The van der Waals surface area contributed by atoms with Crippen LogP contribution in [0.1, 0.15) is 63.0 Å². The molecule has 2 N–H and O–H groups in total. The lowest BCUT2D eigenvalue weighted by atomic mass is 10.1. The number of rotatable bonds is 12. The average Bonchev–Trinajstić information content (AvgIpc) is 2.73. The van der Waals surface area contributed by atoms with Crippen LogP contribution in [-0.4, -0.2) is 18.9 Å². The van der Waals surface area contributed by atoms with Crippen molar-refractivity contribution in [3.05, 3.63) is 58.6 Å². The Balaban J connectivity index is 1.71. The van der Waals surface area contributed by atoms with Crippen LogP contribution in [0, 0.1) is 6.92 Å². The first-order valence-corrected chi connectivity index (χ1v) is 11.1. The molecule has 5 nitrogen and oxygen atoms in total. The summed E-state index contributed by atoms with van der Waals surface area (Å²) in [6.45, 7) is 4.83. The van der Waals surface area contributed by atoms with Gasteiger partial charge in [0.15, 0.2) is 0 Å². The summed E-state index contributed by atoms with van der Waals surface area (Å²) in [4.78, 5) is 11.9. The number of nitrogens with one attached hydrogen (secondary N) is 2. The summed E-state index contributed by atoms with van der Waals surface area (Å²) in [5.41, 5.74) is 4.96. The van der Waals surface area contributed by atoms with Gasteiger partial charge in [0.05, 0.1) is 17.8 Å². The molecule has 2 amide bonds. The van der Waals surface area contributed by atoms with Gasteiger partial charge in [0.25, 0.3) is 0 Å². The fourth-order valence-electron chi connectivity index (χ4n) is 2.98. The van der Waals surface area contributed by atoms with Crippen LogP contribution in [0.4, 0.5) is 10.5 Å². The highest BCUT2D eigenvalue weighted by molar-refractivity contribution is 6.32. The standard InChI is InChI=1S/C24H32ClN3O2/c1-3-4-5-6-7-8-11-16-30-23-15-14-20(17-21(23)25)18-26-28-24(29)27-22-13-10-9-12-19(22)2/h9-10,12-15,17-18H,3-8,11,16H2,1-2H3,(H2,27,28,29)/b26-18-. The van der Waals surface area contributed by atoms with Gasteiger partial charge in [0.2, 0.25) is 0 Å². The number of hydrogen-bond acceptors (Lipinski definition) is 3. The molecule has 0 unspecified atom stereocenters. The van der Waals surface area contributed by atoms with Gasteiger partial charge in [-0.15, -0.1) is 0 Å². The van der Waals surface area contributed by atoms with E-state index in [1.165, 1.54) is 38.5 Å². The molecule has 0 fully saturated rings. The van der Waals surface area contributed by atoms with Crippen LogP contribution in [-0.2, 0) is 0 Å². The van der Waals surface area contributed by atoms with Crippen molar-refractivity contribution in [3.8, 4) is 5.75 Å². The molecular weight excluding hydrogens is 398 g/mol. The minimum absolute atomic E-state index is 0.402. The van der Waals surface area contributed by atoms with Crippen LogP contribution in [0.2, 0.25) is 5.02 Å². The SMILES string of the molecule is CCCCCCCCCOc1ccc(/C=N\NC(=O)Nc2ccccc2C)cc1Cl. The second-order valence-electron chi connectivity index (χ2n) is 7.30. The molecule has 2 aromatic carbocycles. The molecule has 0 atom stereocenters. The number of amides is 2. The van der Waals surface area contributed by atoms with E-state index in [2.05, 4.69) is 22.8 Å². The molecule has 0 heterocycles. The molecule has 0 aliphatic carbocycles. The summed E-state index contributed by atoms with van der Waals surface area (Å²) in [5.74, 6) is 0.671. The maximum atomic E-state index is 11.9. The van der Waals surface area contributed by atoms with Crippen molar-refractivity contribution in [2.75, 3.05) is 11.9 Å². The van der Waals surface area contributed by atoms with Gasteiger partial charge in [0, 0.05) is 5.69 Å². The summed E-state index contributed by atoms with van der Waals surface area (Å²) in [6, 6.07) is 12.6. The summed E-state index contributed by atoms with van der Waals surface area (Å²) in [7, 11) is 0. The Labute approximate surface area is 184 Å². The Morgan fingerprint density at radius 3 is 2.53 bits per heavy atom. The highest BCUT2D eigenvalue weighted by atomic mass is 35.5. The third kappa shape index (κ3) is 8.87. The Bertz CT molecular complexity index is 824. The average molecular weight is 430 g/mol. The summed E-state index contributed by atoms with van der Waals surface area (Å²) in [6.07, 6.45) is 10.3. The van der Waals surface area contributed by atoms with Gasteiger partial charge >= 0.3 is 6.03 Å². The molecule has 30 heavy (non-hydrogen) atoms. The van der Waals surface area contributed by atoms with Crippen LogP contribution in [0.5, 0.6) is 5.75 Å². The zero-order valence-corrected chi connectivity index (χ0v) is 18.7. The molecule has 0 saturated heterocycles. The maximum absolute atomic E-state index is 11.9. The van der Waals surface area contributed by atoms with E-state index in [-0.39, 0.29) is 0 Å². The number of carbonyl (C=O) groups is 1. The lowest BCUT2D eigenvalue weighted by molar-refractivity contribution is 0.252. The first kappa shape index (κ1) is 23.7. The Kier molecular flexibility index (Phi) is 10.8. The number of benzene rings is 2. The molecule has 0 aromatic heterocycles. The van der Waals surface area contributed by atoms with Gasteiger partial charge in [0.1, 0.15) is 5.75 Å². The van der Waals surface area contributed by atoms with Crippen molar-refractivity contribution >= 4 is 29.5 Å². The van der Waals surface area contributed by atoms with Crippen molar-refractivity contribution in [3.63, 3.8) is 0 Å². The number of hydrogen-bond donors (Lipinski definition) is 2. The van der Waals surface area contributed by atoms with Gasteiger partial charge in [-0.1, -0.05) is 75.2 Å². The van der Waals surface area contributed by atoms with Crippen molar-refractivity contribution in [1.29, 1.82) is 0 Å². The first-order chi connectivity index (χ1) is 14.6. The van der Waals surface area contributed by atoms with Crippen LogP contribution in [0.3, 0.4) is 0 Å². The van der Waals surface area contributed by atoms with E-state index in [0.29, 0.717) is 17.4 Å². The molecule has 6 heteroatoms. The molecule has 0 aliphatic rings. The topological polar surface area (TPSA) is 62.7 Å². The van der Waals surface area contributed by atoms with Gasteiger partial charge in [-0.05, 0) is 48.7 Å². The number of anilines is 1. The largest absolute Gasteiger partial charge is 0.492 e. The highest BCUT2D eigenvalue weighted by Crippen LogP contribution is 2.25.